The predicted octanol–water partition coefficient (Wildman–Crippen LogP) is 3.84. The van der Waals surface area contributed by atoms with Crippen molar-refractivity contribution in [3.05, 3.63) is 77.6 Å². The minimum absolute atomic E-state index is 0.361. The van der Waals surface area contributed by atoms with E-state index in [-0.39, 0.29) is 0 Å². The summed E-state index contributed by atoms with van der Waals surface area (Å²) in [5, 5.41) is 0. The number of pyridine rings is 2. The molecular weight excluding hydrogens is 288 g/mol. The first kappa shape index (κ1) is 14.9. The van der Waals surface area contributed by atoms with Gasteiger partial charge < -0.3 is 4.74 Å². The van der Waals surface area contributed by atoms with Crippen molar-refractivity contribution in [3.8, 4) is 17.1 Å². The van der Waals surface area contributed by atoms with Crippen molar-refractivity contribution < 1.29 is 9.53 Å². The smallest absolute Gasteiger partial charge is 0.153 e. The van der Waals surface area contributed by atoms with Crippen LogP contribution in [0, 0.1) is 6.92 Å². The zero-order chi connectivity index (χ0) is 16.1. The van der Waals surface area contributed by atoms with E-state index in [0.717, 1.165) is 28.8 Å². The number of hydrogen-bond acceptors (Lipinski definition) is 4. The highest BCUT2D eigenvalue weighted by atomic mass is 16.5. The highest BCUT2D eigenvalue weighted by Gasteiger charge is 2.04. The lowest BCUT2D eigenvalue weighted by molar-refractivity contribution is 0.111. The molecule has 3 rings (SSSR count). The lowest BCUT2D eigenvalue weighted by Crippen LogP contribution is -1.99. The summed E-state index contributed by atoms with van der Waals surface area (Å²) in [5.74, 6) is 0.576. The number of aromatic nitrogens is 2. The van der Waals surface area contributed by atoms with Gasteiger partial charge in [-0.1, -0.05) is 24.3 Å². The zero-order valence-electron chi connectivity index (χ0n) is 12.8. The van der Waals surface area contributed by atoms with Crippen molar-refractivity contribution in [2.24, 2.45) is 0 Å². The first-order chi connectivity index (χ1) is 11.3. The van der Waals surface area contributed by atoms with Gasteiger partial charge in [0, 0.05) is 18.0 Å². The Hall–Kier alpha value is -3.01. The van der Waals surface area contributed by atoms with Crippen molar-refractivity contribution in [1.82, 2.24) is 9.97 Å². The number of nitrogens with zero attached hydrogens (tertiary/aromatic N) is 2. The Bertz CT molecular complexity index is 796. The lowest BCUT2D eigenvalue weighted by atomic mass is 10.2. The number of aryl methyl sites for hydroxylation is 1. The van der Waals surface area contributed by atoms with Gasteiger partial charge in [-0.25, -0.2) is 0 Å². The van der Waals surface area contributed by atoms with Crippen molar-refractivity contribution in [2.45, 2.75) is 13.5 Å². The largest absolute Gasteiger partial charge is 0.488 e. The molecule has 0 aliphatic heterocycles. The number of carbonyl (C=O) groups is 1. The van der Waals surface area contributed by atoms with Gasteiger partial charge >= 0.3 is 0 Å². The van der Waals surface area contributed by atoms with E-state index < -0.39 is 0 Å². The molecule has 0 radical (unpaired) electrons. The van der Waals surface area contributed by atoms with Crippen LogP contribution in [-0.4, -0.2) is 16.3 Å². The number of ether oxygens (including phenoxy) is 1. The Kier molecular flexibility index (Phi) is 4.43. The highest BCUT2D eigenvalue weighted by Crippen LogP contribution is 2.18. The SMILES string of the molecule is Cc1ccc(-c2ccc(COc3ccccc3C=O)cn2)nc1. The maximum Gasteiger partial charge on any atom is 0.153 e. The third-order valence-corrected chi connectivity index (χ3v) is 3.44. The molecule has 3 aromatic rings. The molecule has 1 aromatic carbocycles. The highest BCUT2D eigenvalue weighted by molar-refractivity contribution is 5.79. The van der Waals surface area contributed by atoms with E-state index in [1.807, 2.05) is 49.5 Å². The third-order valence-electron chi connectivity index (χ3n) is 3.44. The van der Waals surface area contributed by atoms with Gasteiger partial charge in [0.15, 0.2) is 6.29 Å². The summed E-state index contributed by atoms with van der Waals surface area (Å²) in [6, 6.07) is 15.0. The van der Waals surface area contributed by atoms with Gasteiger partial charge in [-0.15, -0.1) is 0 Å². The van der Waals surface area contributed by atoms with Crippen LogP contribution < -0.4 is 4.74 Å². The Balaban J connectivity index is 1.70. The average molecular weight is 304 g/mol. The van der Waals surface area contributed by atoms with Gasteiger partial charge in [-0.2, -0.15) is 0 Å². The van der Waals surface area contributed by atoms with E-state index >= 15 is 0 Å². The molecule has 23 heavy (non-hydrogen) atoms. The van der Waals surface area contributed by atoms with Gasteiger partial charge in [0.25, 0.3) is 0 Å². The number of benzene rings is 1. The summed E-state index contributed by atoms with van der Waals surface area (Å²) in [5.41, 5.74) is 4.26. The summed E-state index contributed by atoms with van der Waals surface area (Å²) < 4.78 is 5.69. The molecule has 0 N–H and O–H groups in total. The number of hydrogen-bond donors (Lipinski definition) is 0. The van der Waals surface area contributed by atoms with Crippen LogP contribution >= 0.6 is 0 Å². The zero-order valence-corrected chi connectivity index (χ0v) is 12.8. The number of carbonyl (C=O) groups excluding carboxylic acids is 1. The monoisotopic (exact) mass is 304 g/mol. The molecule has 2 heterocycles. The molecule has 0 aliphatic rings. The van der Waals surface area contributed by atoms with Crippen molar-refractivity contribution in [2.75, 3.05) is 0 Å². The minimum atomic E-state index is 0.361. The van der Waals surface area contributed by atoms with Gasteiger partial charge in [0.05, 0.1) is 17.0 Å². The van der Waals surface area contributed by atoms with Gasteiger partial charge in [-0.05, 0) is 36.8 Å². The molecule has 4 heteroatoms. The number of para-hydroxylation sites is 1. The second-order valence-electron chi connectivity index (χ2n) is 5.22. The van der Waals surface area contributed by atoms with Crippen LogP contribution in [0.25, 0.3) is 11.4 Å². The summed E-state index contributed by atoms with van der Waals surface area (Å²) in [6.45, 7) is 2.36. The fourth-order valence-corrected chi connectivity index (χ4v) is 2.15. The summed E-state index contributed by atoms with van der Waals surface area (Å²) in [4.78, 5) is 19.7. The van der Waals surface area contributed by atoms with Crippen LogP contribution in [0.5, 0.6) is 5.75 Å². The molecule has 0 amide bonds. The molecule has 114 valence electrons. The molecule has 0 atom stereocenters. The van der Waals surface area contributed by atoms with E-state index in [0.29, 0.717) is 17.9 Å². The standard InChI is InChI=1S/C19H16N2O2/c1-14-6-8-17(20-10-14)18-9-7-15(11-21-18)13-23-19-5-3-2-4-16(19)12-22/h2-12H,13H2,1H3. The average Bonchev–Trinajstić information content (AvgIpc) is 2.61. The quantitative estimate of drug-likeness (QED) is 0.672. The van der Waals surface area contributed by atoms with Crippen LogP contribution in [0.3, 0.4) is 0 Å². The summed E-state index contributed by atoms with van der Waals surface area (Å²) in [6.07, 6.45) is 4.38. The first-order valence-electron chi connectivity index (χ1n) is 7.31. The molecule has 0 saturated carbocycles. The molecule has 4 nitrogen and oxygen atoms in total. The fourth-order valence-electron chi connectivity index (χ4n) is 2.15. The van der Waals surface area contributed by atoms with Gasteiger partial charge in [0.1, 0.15) is 12.4 Å². The normalized spacial score (nSPS) is 10.3. The molecule has 0 saturated heterocycles. The van der Waals surface area contributed by atoms with Crippen LogP contribution in [0.4, 0.5) is 0 Å². The molecular formula is C19H16N2O2. The Labute approximate surface area is 134 Å². The maximum atomic E-state index is 11.0. The van der Waals surface area contributed by atoms with E-state index in [1.165, 1.54) is 0 Å². The number of aldehydes is 1. The summed E-state index contributed by atoms with van der Waals surface area (Å²) in [7, 11) is 0. The van der Waals surface area contributed by atoms with Crippen molar-refractivity contribution in [3.63, 3.8) is 0 Å². The minimum Gasteiger partial charge on any atom is -0.488 e. The predicted molar refractivity (Wildman–Crippen MR) is 88.4 cm³/mol. The van der Waals surface area contributed by atoms with E-state index in [1.54, 1.807) is 18.3 Å². The lowest BCUT2D eigenvalue weighted by Gasteiger charge is -2.08. The van der Waals surface area contributed by atoms with Crippen molar-refractivity contribution >= 4 is 6.29 Å². The molecule has 0 fully saturated rings. The van der Waals surface area contributed by atoms with Crippen LogP contribution in [0.1, 0.15) is 21.5 Å². The summed E-state index contributed by atoms with van der Waals surface area (Å²) >= 11 is 0. The van der Waals surface area contributed by atoms with E-state index in [2.05, 4.69) is 9.97 Å². The molecule has 0 bridgehead atoms. The number of rotatable bonds is 5. The molecule has 2 aromatic heterocycles. The molecule has 0 aliphatic carbocycles. The van der Waals surface area contributed by atoms with Crippen LogP contribution in [0.15, 0.2) is 60.9 Å². The third kappa shape index (κ3) is 3.61. The Morgan fingerprint density at radius 2 is 1.70 bits per heavy atom. The van der Waals surface area contributed by atoms with Crippen molar-refractivity contribution in [1.29, 1.82) is 0 Å². The Morgan fingerprint density at radius 1 is 0.957 bits per heavy atom. The maximum absolute atomic E-state index is 11.0. The second-order valence-corrected chi connectivity index (χ2v) is 5.22. The van der Waals surface area contributed by atoms with Gasteiger partial charge in [-0.3, -0.25) is 14.8 Å². The van der Waals surface area contributed by atoms with Crippen LogP contribution in [-0.2, 0) is 6.61 Å². The van der Waals surface area contributed by atoms with Crippen LogP contribution in [0.2, 0.25) is 0 Å². The second kappa shape index (κ2) is 6.83. The fraction of sp³-hybridized carbons (Fsp3) is 0.105. The van der Waals surface area contributed by atoms with E-state index in [9.17, 15) is 4.79 Å². The first-order valence-corrected chi connectivity index (χ1v) is 7.31. The molecule has 0 unspecified atom stereocenters. The molecule has 0 spiro atoms. The van der Waals surface area contributed by atoms with E-state index in [4.69, 9.17) is 4.74 Å². The topological polar surface area (TPSA) is 52.1 Å². The Morgan fingerprint density at radius 3 is 2.35 bits per heavy atom. The van der Waals surface area contributed by atoms with Gasteiger partial charge in [0.2, 0.25) is 0 Å².